The van der Waals surface area contributed by atoms with Gasteiger partial charge in [0.1, 0.15) is 0 Å². The number of ether oxygens (including phenoxy) is 1. The molecule has 0 spiro atoms. The van der Waals surface area contributed by atoms with Crippen LogP contribution in [0.15, 0.2) is 12.2 Å². The molecule has 0 aromatic rings. The molecule has 0 saturated heterocycles. The van der Waals surface area contributed by atoms with Crippen molar-refractivity contribution < 1.29 is 9.53 Å². The number of hydrogen-bond donors (Lipinski definition) is 0. The molecule has 0 bridgehead atoms. The van der Waals surface area contributed by atoms with Crippen molar-refractivity contribution in [3.63, 3.8) is 0 Å². The van der Waals surface area contributed by atoms with Crippen molar-refractivity contribution in [1.29, 1.82) is 0 Å². The highest BCUT2D eigenvalue weighted by Crippen LogP contribution is 2.18. The summed E-state index contributed by atoms with van der Waals surface area (Å²) in [5, 5.41) is 0. The van der Waals surface area contributed by atoms with Crippen molar-refractivity contribution in [3.8, 4) is 0 Å². The molecule has 2 nitrogen and oxygen atoms in total. The fraction of sp³-hybridized carbons (Fsp3) is 0.944. The van der Waals surface area contributed by atoms with Crippen LogP contribution in [0, 0.1) is 0 Å². The van der Waals surface area contributed by atoms with Gasteiger partial charge < -0.3 is 4.74 Å². The average molecular weight is 787 g/mol. The molecule has 0 unspecified atom stereocenters. The Hall–Kier alpha value is -0.790. The van der Waals surface area contributed by atoms with Gasteiger partial charge in [0.2, 0.25) is 0 Å². The van der Waals surface area contributed by atoms with Crippen LogP contribution in [0.3, 0.4) is 0 Å². The number of allylic oxidation sites excluding steroid dienone is 2. The molecule has 0 saturated carbocycles. The molecule has 56 heavy (non-hydrogen) atoms. The standard InChI is InChI=1S/C54H106O2/c1-3-5-7-9-11-13-15-17-19-20-21-22-23-24-25-26-27-28-29-30-31-32-33-34-35-36-37-39-41-43-45-47-49-51-53-56-54(55)52-50-48-46-44-42-40-38-18-16-14-12-10-8-6-4-2/h18,38H,3-17,19-37,39-53H2,1-2H3/b38-18-. The lowest BCUT2D eigenvalue weighted by Crippen LogP contribution is -2.05. The van der Waals surface area contributed by atoms with Crippen LogP contribution in [0.25, 0.3) is 0 Å². The summed E-state index contributed by atoms with van der Waals surface area (Å²) in [7, 11) is 0. The van der Waals surface area contributed by atoms with Crippen molar-refractivity contribution in [2.24, 2.45) is 0 Å². The van der Waals surface area contributed by atoms with E-state index in [2.05, 4.69) is 26.0 Å². The molecule has 0 rings (SSSR count). The van der Waals surface area contributed by atoms with Gasteiger partial charge >= 0.3 is 5.97 Å². The molecule has 0 radical (unpaired) electrons. The third-order valence-corrected chi connectivity index (χ3v) is 12.4. The van der Waals surface area contributed by atoms with E-state index in [1.807, 2.05) is 0 Å². The maximum atomic E-state index is 12.0. The zero-order valence-electron chi connectivity index (χ0n) is 39.1. The molecule has 0 heterocycles. The first-order valence-corrected chi connectivity index (χ1v) is 26.6. The molecule has 0 aromatic carbocycles. The van der Waals surface area contributed by atoms with Crippen molar-refractivity contribution in [2.45, 2.75) is 322 Å². The minimum absolute atomic E-state index is 0.0219. The Balaban J connectivity index is 3.14. The molecular formula is C54H106O2. The van der Waals surface area contributed by atoms with E-state index < -0.39 is 0 Å². The Morgan fingerprint density at radius 1 is 0.286 bits per heavy atom. The molecular weight excluding hydrogens is 681 g/mol. The summed E-state index contributed by atoms with van der Waals surface area (Å²) in [5.74, 6) is 0.0219. The summed E-state index contributed by atoms with van der Waals surface area (Å²) in [4.78, 5) is 12.0. The highest BCUT2D eigenvalue weighted by Gasteiger charge is 2.03. The Labute approximate surface area is 355 Å². The molecule has 0 aliphatic carbocycles. The summed E-state index contributed by atoms with van der Waals surface area (Å²) in [6, 6.07) is 0. The topological polar surface area (TPSA) is 26.3 Å². The van der Waals surface area contributed by atoms with Gasteiger partial charge in [0.25, 0.3) is 0 Å². The second-order valence-electron chi connectivity index (χ2n) is 18.2. The Morgan fingerprint density at radius 2 is 0.500 bits per heavy atom. The van der Waals surface area contributed by atoms with Gasteiger partial charge in [0.05, 0.1) is 6.61 Å². The second-order valence-corrected chi connectivity index (χ2v) is 18.2. The first-order valence-electron chi connectivity index (χ1n) is 26.6. The summed E-state index contributed by atoms with van der Waals surface area (Å²) in [6.45, 7) is 5.22. The minimum Gasteiger partial charge on any atom is -0.466 e. The van der Waals surface area contributed by atoms with Crippen molar-refractivity contribution in [1.82, 2.24) is 0 Å². The quantitative estimate of drug-likeness (QED) is 0.0349. The average Bonchev–Trinajstić information content (AvgIpc) is 3.20. The van der Waals surface area contributed by atoms with Gasteiger partial charge in [-0.2, -0.15) is 0 Å². The third kappa shape index (κ3) is 51.2. The van der Waals surface area contributed by atoms with Crippen molar-refractivity contribution in [3.05, 3.63) is 12.2 Å². The lowest BCUT2D eigenvalue weighted by Gasteiger charge is -2.06. The van der Waals surface area contributed by atoms with Gasteiger partial charge in [-0.1, -0.05) is 289 Å². The minimum atomic E-state index is 0.0219. The first-order chi connectivity index (χ1) is 27.8. The van der Waals surface area contributed by atoms with Gasteiger partial charge in [-0.3, -0.25) is 4.79 Å². The van der Waals surface area contributed by atoms with E-state index in [0.717, 1.165) is 19.3 Å². The molecule has 0 N–H and O–H groups in total. The lowest BCUT2D eigenvalue weighted by molar-refractivity contribution is -0.143. The zero-order valence-corrected chi connectivity index (χ0v) is 39.1. The summed E-state index contributed by atoms with van der Waals surface area (Å²) in [5.41, 5.74) is 0. The smallest absolute Gasteiger partial charge is 0.305 e. The maximum Gasteiger partial charge on any atom is 0.305 e. The van der Waals surface area contributed by atoms with Gasteiger partial charge in [-0.25, -0.2) is 0 Å². The number of rotatable bonds is 50. The van der Waals surface area contributed by atoms with Gasteiger partial charge in [-0.05, 0) is 38.5 Å². The predicted molar refractivity (Wildman–Crippen MR) is 253 cm³/mol. The van der Waals surface area contributed by atoms with Crippen LogP contribution in [-0.4, -0.2) is 12.6 Å². The SMILES string of the molecule is CCCCCCCC/C=C\CCCCCCCC(=O)OCCCCCCCCCCCCCCCCCCCCCCCCCCCCCCCCCCCC. The van der Waals surface area contributed by atoms with E-state index in [1.165, 1.54) is 283 Å². The number of carbonyl (C=O) groups excluding carboxylic acids is 1. The molecule has 334 valence electrons. The fourth-order valence-corrected chi connectivity index (χ4v) is 8.43. The second kappa shape index (κ2) is 52.2. The van der Waals surface area contributed by atoms with E-state index in [0.29, 0.717) is 13.0 Å². The maximum absolute atomic E-state index is 12.0. The van der Waals surface area contributed by atoms with E-state index >= 15 is 0 Å². The van der Waals surface area contributed by atoms with E-state index in [9.17, 15) is 4.79 Å². The number of hydrogen-bond acceptors (Lipinski definition) is 2. The zero-order chi connectivity index (χ0) is 40.3. The molecule has 0 atom stereocenters. The van der Waals surface area contributed by atoms with Crippen LogP contribution < -0.4 is 0 Å². The number of carbonyl (C=O) groups is 1. The normalized spacial score (nSPS) is 11.7. The molecule has 0 aliphatic rings. The van der Waals surface area contributed by atoms with Crippen LogP contribution in [0.5, 0.6) is 0 Å². The van der Waals surface area contributed by atoms with E-state index in [4.69, 9.17) is 4.74 Å². The van der Waals surface area contributed by atoms with Crippen LogP contribution in [0.2, 0.25) is 0 Å². The molecule has 0 aromatic heterocycles. The largest absolute Gasteiger partial charge is 0.466 e. The number of esters is 1. The van der Waals surface area contributed by atoms with Gasteiger partial charge in [0.15, 0.2) is 0 Å². The Bertz CT molecular complexity index is 728. The first kappa shape index (κ1) is 55.2. The predicted octanol–water partition coefficient (Wildman–Crippen LogP) is 19.9. The molecule has 0 amide bonds. The van der Waals surface area contributed by atoms with Crippen LogP contribution in [-0.2, 0) is 9.53 Å². The van der Waals surface area contributed by atoms with Crippen LogP contribution in [0.4, 0.5) is 0 Å². The fourth-order valence-electron chi connectivity index (χ4n) is 8.43. The summed E-state index contributed by atoms with van der Waals surface area (Å²) >= 11 is 0. The van der Waals surface area contributed by atoms with Gasteiger partial charge in [0, 0.05) is 6.42 Å². The van der Waals surface area contributed by atoms with Crippen molar-refractivity contribution >= 4 is 5.97 Å². The van der Waals surface area contributed by atoms with Crippen LogP contribution in [0.1, 0.15) is 322 Å². The third-order valence-electron chi connectivity index (χ3n) is 12.4. The Morgan fingerprint density at radius 3 is 0.768 bits per heavy atom. The monoisotopic (exact) mass is 787 g/mol. The molecule has 0 fully saturated rings. The van der Waals surface area contributed by atoms with Crippen molar-refractivity contribution in [2.75, 3.05) is 6.61 Å². The summed E-state index contributed by atoms with van der Waals surface area (Å²) in [6.07, 6.45) is 70.9. The van der Waals surface area contributed by atoms with E-state index in [1.54, 1.807) is 0 Å². The number of unbranched alkanes of at least 4 members (excludes halogenated alkanes) is 44. The highest BCUT2D eigenvalue weighted by atomic mass is 16.5. The van der Waals surface area contributed by atoms with E-state index in [-0.39, 0.29) is 5.97 Å². The van der Waals surface area contributed by atoms with Crippen LogP contribution >= 0.6 is 0 Å². The molecule has 0 aliphatic heterocycles. The highest BCUT2D eigenvalue weighted by molar-refractivity contribution is 5.69. The lowest BCUT2D eigenvalue weighted by atomic mass is 10.0. The van der Waals surface area contributed by atoms with Gasteiger partial charge in [-0.15, -0.1) is 0 Å². The molecule has 2 heteroatoms. The Kier molecular flexibility index (Phi) is 51.5. The summed E-state index contributed by atoms with van der Waals surface area (Å²) < 4.78 is 5.48.